The third kappa shape index (κ3) is 3.42. The Morgan fingerprint density at radius 2 is 1.38 bits per heavy atom. The highest BCUT2D eigenvalue weighted by Crippen LogP contribution is 2.22. The van der Waals surface area contributed by atoms with Gasteiger partial charge in [-0.25, -0.2) is 0 Å². The second kappa shape index (κ2) is 6.12. The number of ketones is 1. The molecule has 0 aliphatic heterocycles. The van der Waals surface area contributed by atoms with E-state index < -0.39 is 0 Å². The van der Waals surface area contributed by atoms with Gasteiger partial charge in [0, 0.05) is 20.9 Å². The zero-order chi connectivity index (χ0) is 14.8. The molecule has 0 radical (unpaired) electrons. The summed E-state index contributed by atoms with van der Waals surface area (Å²) in [7, 11) is 0. The normalized spacial score (nSPS) is 10.8. The van der Waals surface area contributed by atoms with Gasteiger partial charge in [0.15, 0.2) is 5.78 Å². The van der Waals surface area contributed by atoms with Gasteiger partial charge in [-0.2, -0.15) is 0 Å². The molecular formula is C18H12Br2O. The second-order valence-corrected chi connectivity index (χ2v) is 6.76. The molecule has 1 nitrogen and oxygen atoms in total. The first-order chi connectivity index (χ1) is 10.1. The van der Waals surface area contributed by atoms with E-state index in [0.717, 1.165) is 30.8 Å². The highest BCUT2D eigenvalue weighted by atomic mass is 79.9. The maximum atomic E-state index is 12.4. The average molecular weight is 404 g/mol. The third-order valence-corrected chi connectivity index (χ3v) is 4.42. The van der Waals surface area contributed by atoms with Crippen LogP contribution in [0.25, 0.3) is 10.8 Å². The molecule has 0 saturated carbocycles. The number of halogens is 2. The zero-order valence-corrected chi connectivity index (χ0v) is 14.3. The number of fused-ring (bicyclic) bond motifs is 1. The lowest BCUT2D eigenvalue weighted by atomic mass is 10.00. The maximum absolute atomic E-state index is 12.4. The molecule has 0 unspecified atom stereocenters. The van der Waals surface area contributed by atoms with Gasteiger partial charge in [0.25, 0.3) is 0 Å². The van der Waals surface area contributed by atoms with Gasteiger partial charge < -0.3 is 0 Å². The summed E-state index contributed by atoms with van der Waals surface area (Å²) in [4.78, 5) is 12.4. The van der Waals surface area contributed by atoms with Crippen molar-refractivity contribution in [1.82, 2.24) is 0 Å². The van der Waals surface area contributed by atoms with Crippen molar-refractivity contribution < 1.29 is 4.79 Å². The minimum absolute atomic E-state index is 0.141. The Labute approximate surface area is 140 Å². The van der Waals surface area contributed by atoms with Gasteiger partial charge >= 0.3 is 0 Å². The average Bonchev–Trinajstić information content (AvgIpc) is 2.49. The van der Waals surface area contributed by atoms with Crippen molar-refractivity contribution in [3.8, 4) is 0 Å². The molecule has 0 aliphatic carbocycles. The van der Waals surface area contributed by atoms with Crippen molar-refractivity contribution in [3.63, 3.8) is 0 Å². The van der Waals surface area contributed by atoms with E-state index in [2.05, 4.69) is 37.9 Å². The fourth-order valence-electron chi connectivity index (χ4n) is 2.28. The van der Waals surface area contributed by atoms with E-state index in [-0.39, 0.29) is 5.78 Å². The Hall–Kier alpha value is -1.45. The fourth-order valence-corrected chi connectivity index (χ4v) is 2.92. The quantitative estimate of drug-likeness (QED) is 0.505. The van der Waals surface area contributed by atoms with E-state index in [1.807, 2.05) is 54.6 Å². The van der Waals surface area contributed by atoms with Crippen LogP contribution in [0.15, 0.2) is 69.6 Å². The summed E-state index contributed by atoms with van der Waals surface area (Å²) in [5, 5.41) is 2.21. The number of carbonyl (C=O) groups excluding carboxylic acids is 1. The SMILES string of the molecule is O=C(Cc1ccc(Br)cc1)c1ccc2cc(Br)ccc2c1. The molecule has 3 aromatic rings. The number of hydrogen-bond acceptors (Lipinski definition) is 1. The smallest absolute Gasteiger partial charge is 0.167 e. The van der Waals surface area contributed by atoms with Gasteiger partial charge in [-0.15, -0.1) is 0 Å². The Kier molecular flexibility index (Phi) is 4.22. The molecule has 0 amide bonds. The molecule has 0 N–H and O–H groups in total. The van der Waals surface area contributed by atoms with Crippen molar-refractivity contribution in [3.05, 3.63) is 80.7 Å². The van der Waals surface area contributed by atoms with E-state index in [0.29, 0.717) is 6.42 Å². The van der Waals surface area contributed by atoms with Crippen molar-refractivity contribution >= 4 is 48.4 Å². The summed E-state index contributed by atoms with van der Waals surface area (Å²) < 4.78 is 2.07. The number of benzene rings is 3. The van der Waals surface area contributed by atoms with Crippen LogP contribution >= 0.6 is 31.9 Å². The summed E-state index contributed by atoms with van der Waals surface area (Å²) >= 11 is 6.86. The van der Waals surface area contributed by atoms with Crippen LogP contribution < -0.4 is 0 Å². The molecule has 3 aromatic carbocycles. The number of carbonyl (C=O) groups is 1. The van der Waals surface area contributed by atoms with Gasteiger partial charge in [-0.05, 0) is 46.7 Å². The van der Waals surface area contributed by atoms with E-state index in [1.54, 1.807) is 0 Å². The highest BCUT2D eigenvalue weighted by Gasteiger charge is 2.08. The number of rotatable bonds is 3. The lowest BCUT2D eigenvalue weighted by Crippen LogP contribution is -2.03. The molecule has 104 valence electrons. The van der Waals surface area contributed by atoms with E-state index in [4.69, 9.17) is 0 Å². The summed E-state index contributed by atoms with van der Waals surface area (Å²) in [6.45, 7) is 0. The van der Waals surface area contributed by atoms with Crippen molar-refractivity contribution in [2.45, 2.75) is 6.42 Å². The van der Waals surface area contributed by atoms with Crippen LogP contribution in [0.5, 0.6) is 0 Å². The lowest BCUT2D eigenvalue weighted by Gasteiger charge is -2.04. The highest BCUT2D eigenvalue weighted by molar-refractivity contribution is 9.10. The topological polar surface area (TPSA) is 17.1 Å². The van der Waals surface area contributed by atoms with Crippen LogP contribution in [-0.2, 0) is 6.42 Å². The molecule has 0 fully saturated rings. The molecule has 0 heterocycles. The van der Waals surface area contributed by atoms with Crippen LogP contribution in [-0.4, -0.2) is 5.78 Å². The van der Waals surface area contributed by atoms with Crippen molar-refractivity contribution in [2.24, 2.45) is 0 Å². The maximum Gasteiger partial charge on any atom is 0.167 e. The summed E-state index contributed by atoms with van der Waals surface area (Å²) in [6.07, 6.45) is 0.426. The lowest BCUT2D eigenvalue weighted by molar-refractivity contribution is 0.0993. The molecule has 3 rings (SSSR count). The molecule has 0 saturated heterocycles. The molecule has 0 aliphatic rings. The Bertz CT molecular complexity index is 807. The van der Waals surface area contributed by atoms with Crippen molar-refractivity contribution in [1.29, 1.82) is 0 Å². The predicted molar refractivity (Wildman–Crippen MR) is 93.8 cm³/mol. The first-order valence-corrected chi connectivity index (χ1v) is 8.17. The standard InChI is InChI=1S/C18H12Br2O/c19-16-6-1-12(2-7-16)9-18(21)15-4-3-14-11-17(20)8-5-13(14)10-15/h1-8,10-11H,9H2. The largest absolute Gasteiger partial charge is 0.294 e. The summed E-state index contributed by atoms with van der Waals surface area (Å²) in [5.41, 5.74) is 1.78. The van der Waals surface area contributed by atoms with Gasteiger partial charge in [0.2, 0.25) is 0 Å². The van der Waals surface area contributed by atoms with Crippen LogP contribution in [0, 0.1) is 0 Å². The Morgan fingerprint density at radius 3 is 2.14 bits per heavy atom. The Balaban J connectivity index is 1.87. The number of Topliss-reactive ketones (excluding diaryl/α,β-unsaturated/α-hetero) is 1. The first-order valence-electron chi connectivity index (χ1n) is 6.59. The summed E-state index contributed by atoms with van der Waals surface area (Å²) in [5.74, 6) is 0.141. The summed E-state index contributed by atoms with van der Waals surface area (Å²) in [6, 6.07) is 19.8. The zero-order valence-electron chi connectivity index (χ0n) is 11.1. The minimum Gasteiger partial charge on any atom is -0.294 e. The van der Waals surface area contributed by atoms with Gasteiger partial charge in [0.05, 0.1) is 0 Å². The predicted octanol–water partition coefficient (Wildman–Crippen LogP) is 5.79. The molecule has 21 heavy (non-hydrogen) atoms. The van der Waals surface area contributed by atoms with Crippen LogP contribution in [0.1, 0.15) is 15.9 Å². The number of hydrogen-bond donors (Lipinski definition) is 0. The molecular weight excluding hydrogens is 392 g/mol. The molecule has 0 spiro atoms. The molecule has 0 atom stereocenters. The second-order valence-electron chi connectivity index (χ2n) is 4.93. The molecule has 0 bridgehead atoms. The minimum atomic E-state index is 0.141. The van der Waals surface area contributed by atoms with Gasteiger partial charge in [0.1, 0.15) is 0 Å². The third-order valence-electron chi connectivity index (χ3n) is 3.40. The van der Waals surface area contributed by atoms with Crippen LogP contribution in [0.3, 0.4) is 0 Å². The molecule has 3 heteroatoms. The van der Waals surface area contributed by atoms with Gasteiger partial charge in [-0.1, -0.05) is 62.2 Å². The van der Waals surface area contributed by atoms with Crippen molar-refractivity contribution in [2.75, 3.05) is 0 Å². The van der Waals surface area contributed by atoms with Crippen LogP contribution in [0.2, 0.25) is 0 Å². The molecule has 0 aromatic heterocycles. The monoisotopic (exact) mass is 402 g/mol. The van der Waals surface area contributed by atoms with E-state index >= 15 is 0 Å². The Morgan fingerprint density at radius 1 is 0.762 bits per heavy atom. The fraction of sp³-hybridized carbons (Fsp3) is 0.0556. The van der Waals surface area contributed by atoms with Gasteiger partial charge in [-0.3, -0.25) is 4.79 Å². The van der Waals surface area contributed by atoms with E-state index in [1.165, 1.54) is 0 Å². The first kappa shape index (κ1) is 14.5. The van der Waals surface area contributed by atoms with Crippen LogP contribution in [0.4, 0.5) is 0 Å². The van der Waals surface area contributed by atoms with E-state index in [9.17, 15) is 4.79 Å².